The largest absolute Gasteiger partial charge is 0.421 e. The van der Waals surface area contributed by atoms with Crippen LogP contribution in [0.2, 0.25) is 0 Å². The van der Waals surface area contributed by atoms with E-state index in [0.29, 0.717) is 18.3 Å². The zero-order chi connectivity index (χ0) is 21.5. The van der Waals surface area contributed by atoms with Crippen LogP contribution >= 0.6 is 0 Å². The smallest absolute Gasteiger partial charge is 0.394 e. The standard InChI is InChI=1S/C18H20F3N7O2/c19-18(20,21)12-7-23-17(25-11-6-24-28(8-11)3-4-29)27-16(12)26-14-10-2-1-9(5-10)13(14)15(22)30/h1-2,6-10,13-14,29H,3-5H2,(H2,22,30)(H2,23,25,26,27)/t9-,10+,13+,14-/m1/s1. The van der Waals surface area contributed by atoms with Gasteiger partial charge >= 0.3 is 6.18 Å². The summed E-state index contributed by atoms with van der Waals surface area (Å²) in [4.78, 5) is 19.7. The molecule has 0 saturated heterocycles. The molecule has 4 rings (SSSR count). The molecule has 0 spiro atoms. The molecule has 5 N–H and O–H groups in total. The van der Waals surface area contributed by atoms with Crippen LogP contribution in [-0.4, -0.2) is 43.4 Å². The molecule has 0 aromatic carbocycles. The Hall–Kier alpha value is -3.15. The molecule has 0 unspecified atom stereocenters. The maximum atomic E-state index is 13.5. The van der Waals surface area contributed by atoms with E-state index in [0.717, 1.165) is 0 Å². The first-order chi connectivity index (χ1) is 14.3. The Morgan fingerprint density at radius 3 is 2.77 bits per heavy atom. The van der Waals surface area contributed by atoms with Crippen molar-refractivity contribution in [2.45, 2.75) is 25.2 Å². The number of nitrogens with two attached hydrogens (primary N) is 1. The lowest BCUT2D eigenvalue weighted by Crippen LogP contribution is -2.41. The summed E-state index contributed by atoms with van der Waals surface area (Å²) in [6.45, 7) is 0.166. The summed E-state index contributed by atoms with van der Waals surface area (Å²) in [7, 11) is 0. The first-order valence-corrected chi connectivity index (χ1v) is 9.35. The highest BCUT2D eigenvalue weighted by molar-refractivity contribution is 5.80. The predicted molar refractivity (Wildman–Crippen MR) is 100 cm³/mol. The van der Waals surface area contributed by atoms with Crippen LogP contribution in [0.15, 0.2) is 30.7 Å². The van der Waals surface area contributed by atoms with Crippen LogP contribution in [0.5, 0.6) is 0 Å². The Morgan fingerprint density at radius 1 is 1.30 bits per heavy atom. The summed E-state index contributed by atoms with van der Waals surface area (Å²) in [5.74, 6) is -1.83. The van der Waals surface area contributed by atoms with Gasteiger partial charge in [0.25, 0.3) is 0 Å². The highest BCUT2D eigenvalue weighted by Crippen LogP contribution is 2.45. The normalized spacial score (nSPS) is 24.9. The van der Waals surface area contributed by atoms with Crippen molar-refractivity contribution in [2.24, 2.45) is 23.5 Å². The zero-order valence-corrected chi connectivity index (χ0v) is 15.7. The van der Waals surface area contributed by atoms with Gasteiger partial charge in [-0.2, -0.15) is 23.3 Å². The van der Waals surface area contributed by atoms with E-state index >= 15 is 0 Å². The minimum atomic E-state index is -4.68. The zero-order valence-electron chi connectivity index (χ0n) is 15.7. The first kappa shape index (κ1) is 20.1. The molecule has 2 aromatic rings. The number of aliphatic hydroxyl groups is 1. The molecule has 2 aliphatic carbocycles. The Balaban J connectivity index is 1.62. The summed E-state index contributed by atoms with van der Waals surface area (Å²) in [6, 6.07) is -0.575. The summed E-state index contributed by atoms with van der Waals surface area (Å²) in [5, 5.41) is 18.6. The van der Waals surface area contributed by atoms with Gasteiger partial charge in [0, 0.05) is 18.4 Å². The molecule has 30 heavy (non-hydrogen) atoms. The number of alkyl halides is 3. The second-order valence-corrected chi connectivity index (χ2v) is 7.34. The molecule has 2 heterocycles. The summed E-state index contributed by atoms with van der Waals surface area (Å²) < 4.78 is 42.1. The van der Waals surface area contributed by atoms with E-state index in [1.807, 2.05) is 12.2 Å². The predicted octanol–water partition coefficient (Wildman–Crippen LogP) is 1.52. The maximum Gasteiger partial charge on any atom is 0.421 e. The van der Waals surface area contributed by atoms with E-state index in [4.69, 9.17) is 10.8 Å². The molecule has 1 fully saturated rings. The third kappa shape index (κ3) is 3.82. The molecule has 2 bridgehead atoms. The van der Waals surface area contributed by atoms with Crippen molar-refractivity contribution < 1.29 is 23.1 Å². The average molecular weight is 423 g/mol. The van der Waals surface area contributed by atoms with Crippen molar-refractivity contribution in [2.75, 3.05) is 17.2 Å². The number of aliphatic hydroxyl groups excluding tert-OH is 1. The molecule has 160 valence electrons. The van der Waals surface area contributed by atoms with Crippen LogP contribution in [0.1, 0.15) is 12.0 Å². The summed E-state index contributed by atoms with van der Waals surface area (Å²) in [6.07, 6.45) is 3.46. The quantitative estimate of drug-likeness (QED) is 0.497. The van der Waals surface area contributed by atoms with Crippen molar-refractivity contribution in [1.29, 1.82) is 0 Å². The van der Waals surface area contributed by atoms with Crippen LogP contribution in [-0.2, 0) is 17.5 Å². The molecular weight excluding hydrogens is 403 g/mol. The number of primary amides is 1. The van der Waals surface area contributed by atoms with Gasteiger partial charge in [-0.25, -0.2) is 4.98 Å². The number of amides is 1. The monoisotopic (exact) mass is 423 g/mol. The molecule has 12 heteroatoms. The van der Waals surface area contributed by atoms with Crippen molar-refractivity contribution in [1.82, 2.24) is 19.7 Å². The highest BCUT2D eigenvalue weighted by atomic mass is 19.4. The van der Waals surface area contributed by atoms with E-state index in [-0.39, 0.29) is 30.9 Å². The van der Waals surface area contributed by atoms with E-state index in [1.165, 1.54) is 10.9 Å². The molecule has 0 aliphatic heterocycles. The van der Waals surface area contributed by atoms with Gasteiger partial charge in [-0.1, -0.05) is 12.2 Å². The molecule has 2 aromatic heterocycles. The van der Waals surface area contributed by atoms with Crippen molar-refractivity contribution in [3.05, 3.63) is 36.3 Å². The number of allylic oxidation sites excluding steroid dienone is 1. The van der Waals surface area contributed by atoms with Gasteiger partial charge in [-0.15, -0.1) is 0 Å². The third-order valence-corrected chi connectivity index (χ3v) is 5.40. The van der Waals surface area contributed by atoms with Crippen LogP contribution < -0.4 is 16.4 Å². The van der Waals surface area contributed by atoms with Crippen LogP contribution in [0, 0.1) is 17.8 Å². The SMILES string of the molecule is NC(=O)[C@@H]1[C@H](Nc2nc(Nc3cnn(CCO)c3)ncc2C(F)(F)F)[C@H]2C=C[C@@H]1C2. The van der Waals surface area contributed by atoms with Crippen LogP contribution in [0.3, 0.4) is 0 Å². The lowest BCUT2D eigenvalue weighted by molar-refractivity contribution is -0.137. The Morgan fingerprint density at radius 2 is 2.07 bits per heavy atom. The second-order valence-electron chi connectivity index (χ2n) is 7.34. The summed E-state index contributed by atoms with van der Waals surface area (Å²) in [5.41, 5.74) is 4.93. The number of carbonyl (C=O) groups is 1. The van der Waals surface area contributed by atoms with Gasteiger partial charge in [-0.05, 0) is 18.3 Å². The van der Waals surface area contributed by atoms with E-state index in [1.54, 1.807) is 6.20 Å². The number of carbonyl (C=O) groups excluding carboxylic acids is 1. The Labute approximate surface area is 169 Å². The fourth-order valence-corrected chi connectivity index (χ4v) is 4.11. The number of aromatic nitrogens is 4. The number of hydrogen-bond acceptors (Lipinski definition) is 7. The lowest BCUT2D eigenvalue weighted by atomic mass is 9.88. The fraction of sp³-hybridized carbons (Fsp3) is 0.444. The molecule has 1 amide bonds. The number of rotatable bonds is 7. The molecule has 0 radical (unpaired) electrons. The Kier molecular flexibility index (Phi) is 5.10. The second kappa shape index (κ2) is 7.59. The summed E-state index contributed by atoms with van der Waals surface area (Å²) >= 11 is 0. The van der Waals surface area contributed by atoms with E-state index < -0.39 is 35.4 Å². The number of nitrogens with zero attached hydrogens (tertiary/aromatic N) is 4. The molecular formula is C18H20F3N7O2. The highest BCUT2D eigenvalue weighted by Gasteiger charge is 2.48. The van der Waals surface area contributed by atoms with Gasteiger partial charge in [0.15, 0.2) is 0 Å². The van der Waals surface area contributed by atoms with Crippen LogP contribution in [0.4, 0.5) is 30.6 Å². The van der Waals surface area contributed by atoms with Crippen molar-refractivity contribution in [3.8, 4) is 0 Å². The number of halogens is 3. The van der Waals surface area contributed by atoms with Gasteiger partial charge in [0.05, 0.1) is 31.0 Å². The van der Waals surface area contributed by atoms with Gasteiger partial charge in [-0.3, -0.25) is 9.48 Å². The first-order valence-electron chi connectivity index (χ1n) is 9.35. The van der Waals surface area contributed by atoms with E-state index in [9.17, 15) is 18.0 Å². The topological polar surface area (TPSA) is 131 Å². The molecule has 4 atom stereocenters. The number of fused-ring (bicyclic) bond motifs is 2. The Bertz CT molecular complexity index is 975. The molecule has 1 saturated carbocycles. The fourth-order valence-electron chi connectivity index (χ4n) is 4.11. The minimum absolute atomic E-state index is 0.0663. The molecule has 9 nitrogen and oxygen atoms in total. The number of anilines is 3. The lowest BCUT2D eigenvalue weighted by Gasteiger charge is -2.28. The number of hydrogen-bond donors (Lipinski definition) is 4. The van der Waals surface area contributed by atoms with Gasteiger partial charge < -0.3 is 21.5 Å². The van der Waals surface area contributed by atoms with Gasteiger partial charge in [0.2, 0.25) is 11.9 Å². The maximum absolute atomic E-state index is 13.5. The number of nitrogens with one attached hydrogen (secondary N) is 2. The molecule has 2 aliphatic rings. The van der Waals surface area contributed by atoms with E-state index in [2.05, 4.69) is 25.7 Å². The third-order valence-electron chi connectivity index (χ3n) is 5.40. The average Bonchev–Trinajstić information content (AvgIpc) is 3.38. The van der Waals surface area contributed by atoms with Crippen molar-refractivity contribution in [3.63, 3.8) is 0 Å². The van der Waals surface area contributed by atoms with Crippen molar-refractivity contribution >= 4 is 23.4 Å². The minimum Gasteiger partial charge on any atom is -0.394 e. The van der Waals surface area contributed by atoms with Gasteiger partial charge in [0.1, 0.15) is 11.4 Å². The van der Waals surface area contributed by atoms with Crippen LogP contribution in [0.25, 0.3) is 0 Å².